The number of hydrogen-bond acceptors (Lipinski definition) is 7. The minimum absolute atomic E-state index is 0. The van der Waals surface area contributed by atoms with Crippen molar-refractivity contribution in [2.24, 2.45) is 11.7 Å². The Morgan fingerprint density at radius 2 is 1.85 bits per heavy atom. The molecule has 3 aromatic rings. The number of tetrazole rings is 1. The molecule has 0 radical (unpaired) electrons. The topological polar surface area (TPSA) is 108 Å². The van der Waals surface area contributed by atoms with Crippen molar-refractivity contribution in [1.29, 1.82) is 0 Å². The highest BCUT2D eigenvalue weighted by atomic mass is 35.5. The van der Waals surface area contributed by atoms with E-state index in [9.17, 15) is 4.79 Å². The van der Waals surface area contributed by atoms with Crippen LogP contribution in [-0.4, -0.2) is 58.3 Å². The van der Waals surface area contributed by atoms with E-state index in [0.29, 0.717) is 44.0 Å². The molecule has 1 fully saturated rings. The molecule has 0 spiro atoms. The zero-order valence-corrected chi connectivity index (χ0v) is 19.6. The fourth-order valence-corrected chi connectivity index (χ4v) is 4.26. The Bertz CT molecular complexity index is 1050. The van der Waals surface area contributed by atoms with Crippen molar-refractivity contribution in [3.8, 4) is 11.5 Å². The van der Waals surface area contributed by atoms with Gasteiger partial charge in [-0.25, -0.2) is 4.68 Å². The summed E-state index contributed by atoms with van der Waals surface area (Å²) >= 11 is 0. The molecule has 9 nitrogen and oxygen atoms in total. The van der Waals surface area contributed by atoms with Gasteiger partial charge in [0, 0.05) is 17.5 Å². The van der Waals surface area contributed by atoms with Crippen molar-refractivity contribution in [1.82, 2.24) is 25.1 Å². The van der Waals surface area contributed by atoms with Gasteiger partial charge in [-0.05, 0) is 54.1 Å². The Hall–Kier alpha value is -3.17. The first-order valence-corrected chi connectivity index (χ1v) is 10.7. The first-order valence-electron chi connectivity index (χ1n) is 10.7. The van der Waals surface area contributed by atoms with Crippen LogP contribution in [0.3, 0.4) is 0 Å². The van der Waals surface area contributed by atoms with Gasteiger partial charge in [0.2, 0.25) is 5.91 Å². The lowest BCUT2D eigenvalue weighted by Gasteiger charge is -2.36. The Labute approximate surface area is 199 Å². The van der Waals surface area contributed by atoms with Crippen LogP contribution in [0.1, 0.15) is 35.8 Å². The Morgan fingerprint density at radius 1 is 1.12 bits per heavy atom. The molecule has 176 valence electrons. The summed E-state index contributed by atoms with van der Waals surface area (Å²) in [5.41, 5.74) is 7.60. The van der Waals surface area contributed by atoms with Gasteiger partial charge in [0.1, 0.15) is 17.5 Å². The molecule has 0 saturated carbocycles. The quantitative estimate of drug-likeness (QED) is 0.536. The van der Waals surface area contributed by atoms with Crippen LogP contribution in [0.25, 0.3) is 0 Å². The van der Waals surface area contributed by atoms with Gasteiger partial charge < -0.3 is 15.2 Å². The van der Waals surface area contributed by atoms with Crippen molar-refractivity contribution in [3.05, 3.63) is 65.5 Å². The number of primary amides is 1. The molecule has 1 saturated heterocycles. The van der Waals surface area contributed by atoms with Gasteiger partial charge in [-0.15, -0.1) is 17.5 Å². The van der Waals surface area contributed by atoms with E-state index in [2.05, 4.69) is 20.4 Å². The van der Waals surface area contributed by atoms with E-state index in [4.69, 9.17) is 15.2 Å². The second-order valence-electron chi connectivity index (χ2n) is 7.90. The van der Waals surface area contributed by atoms with E-state index in [-0.39, 0.29) is 30.3 Å². The third-order valence-electron chi connectivity index (χ3n) is 6.01. The van der Waals surface area contributed by atoms with Crippen molar-refractivity contribution in [3.63, 3.8) is 0 Å². The van der Waals surface area contributed by atoms with Gasteiger partial charge in [0.25, 0.3) is 0 Å². The smallest absolute Gasteiger partial charge is 0.220 e. The van der Waals surface area contributed by atoms with Gasteiger partial charge >= 0.3 is 0 Å². The highest BCUT2D eigenvalue weighted by Crippen LogP contribution is 2.38. The molecule has 1 aromatic heterocycles. The second-order valence-corrected chi connectivity index (χ2v) is 7.90. The third kappa shape index (κ3) is 5.43. The molecule has 1 amide bonds. The van der Waals surface area contributed by atoms with Gasteiger partial charge in [0.05, 0.1) is 20.8 Å². The maximum absolute atomic E-state index is 11.7. The van der Waals surface area contributed by atoms with Crippen LogP contribution in [0, 0.1) is 5.92 Å². The summed E-state index contributed by atoms with van der Waals surface area (Å²) in [5, 5.41) is 12.7. The third-order valence-corrected chi connectivity index (χ3v) is 6.01. The van der Waals surface area contributed by atoms with Gasteiger partial charge in [0.15, 0.2) is 5.82 Å². The normalized spacial score (nSPS) is 15.5. The number of likely N-dealkylation sites (tertiary alicyclic amines) is 1. The maximum Gasteiger partial charge on any atom is 0.220 e. The molecule has 2 heterocycles. The standard InChI is InChI=1S/C23H28N6O3.ClH/c1-31-18-8-9-19(20(14-18)32-2)21(28-12-10-17(11-13-28)22(24)30)23-25-26-27-29(23)15-16-6-4-3-5-7-16;/h3-9,14,17,21H,10-13,15H2,1-2H3,(H2,24,30);1H. The predicted octanol–water partition coefficient (Wildman–Crippen LogP) is 2.45. The molecule has 2 N–H and O–H groups in total. The molecule has 2 aromatic carbocycles. The Morgan fingerprint density at radius 3 is 2.48 bits per heavy atom. The summed E-state index contributed by atoms with van der Waals surface area (Å²) in [6, 6.07) is 15.6. The summed E-state index contributed by atoms with van der Waals surface area (Å²) in [7, 11) is 3.27. The fourth-order valence-electron chi connectivity index (χ4n) is 4.26. The number of halogens is 1. The zero-order chi connectivity index (χ0) is 22.5. The lowest BCUT2D eigenvalue weighted by molar-refractivity contribution is -0.123. The molecule has 1 atom stereocenters. The highest BCUT2D eigenvalue weighted by Gasteiger charge is 2.34. The average molecular weight is 473 g/mol. The summed E-state index contributed by atoms with van der Waals surface area (Å²) in [6.45, 7) is 1.95. The van der Waals surface area contributed by atoms with Crippen LogP contribution >= 0.6 is 12.4 Å². The number of nitrogens with two attached hydrogens (primary N) is 1. The van der Waals surface area contributed by atoms with Crippen LogP contribution in [0.4, 0.5) is 0 Å². The zero-order valence-electron chi connectivity index (χ0n) is 18.8. The summed E-state index contributed by atoms with van der Waals surface area (Å²) in [4.78, 5) is 14.0. The molecule has 33 heavy (non-hydrogen) atoms. The molecule has 0 bridgehead atoms. The minimum atomic E-state index is -0.247. The molecule has 4 rings (SSSR count). The van der Waals surface area contributed by atoms with E-state index in [1.807, 2.05) is 53.2 Å². The Balaban J connectivity index is 0.00000306. The van der Waals surface area contributed by atoms with Gasteiger partial charge in [-0.2, -0.15) is 0 Å². The molecule has 10 heteroatoms. The maximum atomic E-state index is 11.7. The van der Waals surface area contributed by atoms with E-state index in [1.54, 1.807) is 14.2 Å². The molecule has 1 aliphatic rings. The van der Waals surface area contributed by atoms with E-state index >= 15 is 0 Å². The molecule has 1 aliphatic heterocycles. The molecular weight excluding hydrogens is 444 g/mol. The number of rotatable bonds is 8. The Kier molecular flexibility index (Phi) is 8.24. The molecule has 0 aliphatic carbocycles. The number of hydrogen-bond donors (Lipinski definition) is 1. The number of carbonyl (C=O) groups excluding carboxylic acids is 1. The summed E-state index contributed by atoms with van der Waals surface area (Å²) < 4.78 is 12.9. The molecule has 1 unspecified atom stereocenters. The number of benzene rings is 2. The van der Waals surface area contributed by atoms with Crippen molar-refractivity contribution in [2.45, 2.75) is 25.4 Å². The summed E-state index contributed by atoms with van der Waals surface area (Å²) in [6.07, 6.45) is 1.40. The number of aromatic nitrogens is 4. The number of amides is 1. The highest BCUT2D eigenvalue weighted by molar-refractivity contribution is 5.85. The number of nitrogens with zero attached hydrogens (tertiary/aromatic N) is 5. The number of ether oxygens (including phenoxy) is 2. The van der Waals surface area contributed by atoms with E-state index in [0.717, 1.165) is 17.0 Å². The monoisotopic (exact) mass is 472 g/mol. The fraction of sp³-hybridized carbons (Fsp3) is 0.391. The van der Waals surface area contributed by atoms with Crippen LogP contribution in [0.5, 0.6) is 11.5 Å². The summed E-state index contributed by atoms with van der Waals surface area (Å²) in [5.74, 6) is 1.78. The number of carbonyl (C=O) groups is 1. The SMILES string of the molecule is COc1ccc(C(c2nnnn2Cc2ccccc2)N2CCC(C(N)=O)CC2)c(OC)c1.Cl. The van der Waals surface area contributed by atoms with Crippen molar-refractivity contribution < 1.29 is 14.3 Å². The van der Waals surface area contributed by atoms with Crippen LogP contribution in [-0.2, 0) is 11.3 Å². The van der Waals surface area contributed by atoms with E-state index < -0.39 is 0 Å². The predicted molar refractivity (Wildman–Crippen MR) is 125 cm³/mol. The number of methoxy groups -OCH3 is 2. The average Bonchev–Trinajstić information content (AvgIpc) is 3.28. The van der Waals surface area contributed by atoms with Gasteiger partial charge in [-0.3, -0.25) is 9.69 Å². The lowest BCUT2D eigenvalue weighted by atomic mass is 9.93. The largest absolute Gasteiger partial charge is 0.497 e. The first-order chi connectivity index (χ1) is 15.6. The van der Waals surface area contributed by atoms with Crippen LogP contribution < -0.4 is 15.2 Å². The minimum Gasteiger partial charge on any atom is -0.497 e. The first kappa shape index (κ1) is 24.5. The van der Waals surface area contributed by atoms with Crippen LogP contribution in [0.15, 0.2) is 48.5 Å². The van der Waals surface area contributed by atoms with E-state index in [1.165, 1.54) is 0 Å². The van der Waals surface area contributed by atoms with Crippen molar-refractivity contribution >= 4 is 18.3 Å². The molecular formula is C23H29ClN6O3. The van der Waals surface area contributed by atoms with Crippen LogP contribution in [0.2, 0.25) is 0 Å². The lowest BCUT2D eigenvalue weighted by Crippen LogP contribution is -2.41. The van der Waals surface area contributed by atoms with Gasteiger partial charge in [-0.1, -0.05) is 30.3 Å². The second kappa shape index (κ2) is 11.1. The number of piperidine rings is 1. The van der Waals surface area contributed by atoms with Crippen molar-refractivity contribution in [2.75, 3.05) is 27.3 Å².